The summed E-state index contributed by atoms with van der Waals surface area (Å²) < 4.78 is 5.43. The van der Waals surface area contributed by atoms with E-state index >= 15 is 0 Å². The van der Waals surface area contributed by atoms with Crippen molar-refractivity contribution in [2.75, 3.05) is 57.9 Å². The molecule has 0 saturated carbocycles. The molecule has 0 atom stereocenters. The molecule has 0 unspecified atom stereocenters. The molecule has 28 heavy (non-hydrogen) atoms. The van der Waals surface area contributed by atoms with E-state index in [0.717, 1.165) is 45.4 Å². The summed E-state index contributed by atoms with van der Waals surface area (Å²) in [6, 6.07) is 8.81. The Balaban J connectivity index is 1.45. The SMILES string of the molecule is CN=C(NCc1ccc(N2CCOCC2)cc1)NCC(C)(C)N1CCCCC1. The van der Waals surface area contributed by atoms with Gasteiger partial charge in [0.2, 0.25) is 0 Å². The number of morpholine rings is 1. The molecule has 156 valence electrons. The van der Waals surface area contributed by atoms with Crippen molar-refractivity contribution in [2.24, 2.45) is 4.99 Å². The van der Waals surface area contributed by atoms with Gasteiger partial charge in [-0.25, -0.2) is 0 Å². The van der Waals surface area contributed by atoms with Crippen LogP contribution in [-0.4, -0.2) is 69.4 Å². The normalized spacial score (nSPS) is 19.5. The van der Waals surface area contributed by atoms with Gasteiger partial charge < -0.3 is 20.3 Å². The average Bonchev–Trinajstić information content (AvgIpc) is 2.75. The minimum absolute atomic E-state index is 0.137. The fourth-order valence-electron chi connectivity index (χ4n) is 3.96. The largest absolute Gasteiger partial charge is 0.378 e. The summed E-state index contributed by atoms with van der Waals surface area (Å²) in [5.74, 6) is 0.863. The van der Waals surface area contributed by atoms with Crippen molar-refractivity contribution in [1.29, 1.82) is 0 Å². The molecule has 1 aromatic carbocycles. The van der Waals surface area contributed by atoms with E-state index in [1.165, 1.54) is 43.6 Å². The molecule has 1 aromatic rings. The number of hydrogen-bond donors (Lipinski definition) is 2. The zero-order valence-corrected chi connectivity index (χ0v) is 17.8. The maximum Gasteiger partial charge on any atom is 0.191 e. The lowest BCUT2D eigenvalue weighted by Gasteiger charge is -2.41. The number of rotatable bonds is 6. The second-order valence-electron chi connectivity index (χ2n) is 8.41. The molecule has 0 aliphatic carbocycles. The molecule has 6 heteroatoms. The van der Waals surface area contributed by atoms with Gasteiger partial charge in [-0.3, -0.25) is 9.89 Å². The number of piperidine rings is 1. The average molecular weight is 388 g/mol. The van der Waals surface area contributed by atoms with Crippen molar-refractivity contribution in [1.82, 2.24) is 15.5 Å². The highest BCUT2D eigenvalue weighted by atomic mass is 16.5. The fourth-order valence-corrected chi connectivity index (χ4v) is 3.96. The van der Waals surface area contributed by atoms with E-state index in [1.807, 2.05) is 7.05 Å². The summed E-state index contributed by atoms with van der Waals surface area (Å²) in [5.41, 5.74) is 2.67. The van der Waals surface area contributed by atoms with Gasteiger partial charge in [0.15, 0.2) is 5.96 Å². The standard InChI is InChI=1S/C22H37N5O/c1-22(2,27-11-5-4-6-12-27)18-25-21(23-3)24-17-19-7-9-20(10-8-19)26-13-15-28-16-14-26/h7-10H,4-6,11-18H2,1-3H3,(H2,23,24,25). The molecular weight excluding hydrogens is 350 g/mol. The van der Waals surface area contributed by atoms with Gasteiger partial charge in [-0.1, -0.05) is 18.6 Å². The van der Waals surface area contributed by atoms with Gasteiger partial charge in [-0.05, 0) is 57.5 Å². The lowest BCUT2D eigenvalue weighted by molar-refractivity contribution is 0.0982. The minimum atomic E-state index is 0.137. The van der Waals surface area contributed by atoms with Crippen molar-refractivity contribution in [3.8, 4) is 0 Å². The summed E-state index contributed by atoms with van der Waals surface area (Å²) in [6.07, 6.45) is 4.00. The van der Waals surface area contributed by atoms with Crippen molar-refractivity contribution in [3.05, 3.63) is 29.8 Å². The van der Waals surface area contributed by atoms with Crippen LogP contribution in [0.2, 0.25) is 0 Å². The van der Waals surface area contributed by atoms with Crippen LogP contribution < -0.4 is 15.5 Å². The van der Waals surface area contributed by atoms with E-state index in [-0.39, 0.29) is 5.54 Å². The third-order valence-corrected chi connectivity index (χ3v) is 5.90. The number of guanidine groups is 1. The number of aliphatic imine (C=N–C) groups is 1. The number of likely N-dealkylation sites (tertiary alicyclic amines) is 1. The Bertz CT molecular complexity index is 616. The Labute approximate surface area is 170 Å². The number of anilines is 1. The van der Waals surface area contributed by atoms with Gasteiger partial charge in [0.05, 0.1) is 13.2 Å². The van der Waals surface area contributed by atoms with Crippen LogP contribution in [0.5, 0.6) is 0 Å². The third-order valence-electron chi connectivity index (χ3n) is 5.90. The second-order valence-corrected chi connectivity index (χ2v) is 8.41. The van der Waals surface area contributed by atoms with Gasteiger partial charge in [0, 0.05) is 44.5 Å². The van der Waals surface area contributed by atoms with Crippen LogP contribution in [0.3, 0.4) is 0 Å². The van der Waals surface area contributed by atoms with Crippen LogP contribution in [-0.2, 0) is 11.3 Å². The summed E-state index contributed by atoms with van der Waals surface area (Å²) in [7, 11) is 1.84. The van der Waals surface area contributed by atoms with E-state index in [4.69, 9.17) is 4.74 Å². The lowest BCUT2D eigenvalue weighted by atomic mass is 9.98. The van der Waals surface area contributed by atoms with E-state index < -0.39 is 0 Å². The zero-order valence-electron chi connectivity index (χ0n) is 17.8. The molecule has 0 spiro atoms. The molecule has 2 N–H and O–H groups in total. The third kappa shape index (κ3) is 5.85. The Morgan fingerprint density at radius 3 is 2.32 bits per heavy atom. The molecule has 2 saturated heterocycles. The van der Waals surface area contributed by atoms with Gasteiger partial charge in [-0.15, -0.1) is 0 Å². The Morgan fingerprint density at radius 1 is 1.00 bits per heavy atom. The molecule has 2 aliphatic rings. The first-order valence-electron chi connectivity index (χ1n) is 10.7. The molecular formula is C22H37N5O. The highest BCUT2D eigenvalue weighted by Gasteiger charge is 2.27. The van der Waals surface area contributed by atoms with Crippen LogP contribution in [0.15, 0.2) is 29.3 Å². The number of hydrogen-bond acceptors (Lipinski definition) is 4. The first-order valence-corrected chi connectivity index (χ1v) is 10.7. The number of nitrogens with one attached hydrogen (secondary N) is 2. The molecule has 6 nitrogen and oxygen atoms in total. The van der Waals surface area contributed by atoms with Crippen LogP contribution in [0.4, 0.5) is 5.69 Å². The lowest BCUT2D eigenvalue weighted by Crippen LogP contribution is -2.54. The predicted octanol–water partition coefficient (Wildman–Crippen LogP) is 2.45. The molecule has 2 aliphatic heterocycles. The van der Waals surface area contributed by atoms with Crippen LogP contribution in [0.25, 0.3) is 0 Å². The summed E-state index contributed by atoms with van der Waals surface area (Å²) in [5, 5.41) is 6.96. The molecule has 0 aromatic heterocycles. The maximum absolute atomic E-state index is 5.43. The van der Waals surface area contributed by atoms with Crippen LogP contribution in [0, 0.1) is 0 Å². The van der Waals surface area contributed by atoms with Crippen LogP contribution >= 0.6 is 0 Å². The minimum Gasteiger partial charge on any atom is -0.378 e. The first kappa shape index (κ1) is 20.9. The van der Waals surface area contributed by atoms with Crippen molar-refractivity contribution in [2.45, 2.75) is 45.2 Å². The highest BCUT2D eigenvalue weighted by molar-refractivity contribution is 5.79. The van der Waals surface area contributed by atoms with Crippen molar-refractivity contribution in [3.63, 3.8) is 0 Å². The first-order chi connectivity index (χ1) is 13.6. The predicted molar refractivity (Wildman–Crippen MR) is 117 cm³/mol. The van der Waals surface area contributed by atoms with Gasteiger partial charge in [0.25, 0.3) is 0 Å². The smallest absolute Gasteiger partial charge is 0.191 e. The topological polar surface area (TPSA) is 52.1 Å². The highest BCUT2D eigenvalue weighted by Crippen LogP contribution is 2.20. The summed E-state index contributed by atoms with van der Waals surface area (Å²) in [6.45, 7) is 12.3. The fraction of sp³-hybridized carbons (Fsp3) is 0.682. The molecule has 3 rings (SSSR count). The van der Waals surface area contributed by atoms with Crippen molar-refractivity contribution < 1.29 is 4.74 Å². The molecule has 0 radical (unpaired) electrons. The van der Waals surface area contributed by atoms with E-state index in [1.54, 1.807) is 0 Å². The van der Waals surface area contributed by atoms with Gasteiger partial charge in [-0.2, -0.15) is 0 Å². The van der Waals surface area contributed by atoms with Gasteiger partial charge in [0.1, 0.15) is 0 Å². The number of nitrogens with zero attached hydrogens (tertiary/aromatic N) is 3. The van der Waals surface area contributed by atoms with Gasteiger partial charge >= 0.3 is 0 Å². The molecule has 2 heterocycles. The monoisotopic (exact) mass is 387 g/mol. The van der Waals surface area contributed by atoms with Crippen LogP contribution in [0.1, 0.15) is 38.7 Å². The Kier molecular flexibility index (Phi) is 7.57. The molecule has 0 amide bonds. The van der Waals surface area contributed by atoms with E-state index in [0.29, 0.717) is 0 Å². The second kappa shape index (κ2) is 10.1. The summed E-state index contributed by atoms with van der Waals surface area (Å²) in [4.78, 5) is 9.37. The maximum atomic E-state index is 5.43. The number of ether oxygens (including phenoxy) is 1. The van der Waals surface area contributed by atoms with Crippen molar-refractivity contribution >= 4 is 11.6 Å². The molecule has 0 bridgehead atoms. The zero-order chi connectivity index (χ0) is 19.8. The Hall–Kier alpha value is -1.79. The van der Waals surface area contributed by atoms with E-state index in [2.05, 4.69) is 63.5 Å². The quantitative estimate of drug-likeness (QED) is 0.580. The summed E-state index contributed by atoms with van der Waals surface area (Å²) >= 11 is 0. The Morgan fingerprint density at radius 2 is 1.68 bits per heavy atom. The molecule has 2 fully saturated rings. The number of benzene rings is 1. The van der Waals surface area contributed by atoms with E-state index in [9.17, 15) is 0 Å².